The molecule has 2 heterocycles. The van der Waals surface area contributed by atoms with Gasteiger partial charge in [0.2, 0.25) is 0 Å². The van der Waals surface area contributed by atoms with Crippen molar-refractivity contribution in [2.75, 3.05) is 24.7 Å². The molecule has 2 aromatic rings. The van der Waals surface area contributed by atoms with E-state index in [0.717, 1.165) is 5.56 Å². The zero-order valence-electron chi connectivity index (χ0n) is 15.3. The number of fused-ring (bicyclic) bond motifs is 1. The Kier molecular flexibility index (Phi) is 6.08. The number of carbonyl (C=O) groups excluding carboxylic acids is 2. The Morgan fingerprint density at radius 2 is 2.22 bits per heavy atom. The van der Waals surface area contributed by atoms with Crippen LogP contribution >= 0.6 is 11.3 Å². The molecule has 1 aromatic carbocycles. The number of hydrogen-bond donors (Lipinski definition) is 1. The summed E-state index contributed by atoms with van der Waals surface area (Å²) in [5.41, 5.74) is 2.34. The van der Waals surface area contributed by atoms with Crippen LogP contribution in [-0.4, -0.2) is 47.8 Å². The number of nitrogens with zero attached hydrogens (tertiary/aromatic N) is 2. The number of benzene rings is 1. The van der Waals surface area contributed by atoms with Crippen LogP contribution in [0.4, 0.5) is 5.69 Å². The fraction of sp³-hybridized carbons (Fsp3) is 0.421. The molecule has 3 rings (SSSR count). The largest absolute Gasteiger partial charge is 0.487 e. The van der Waals surface area contributed by atoms with Gasteiger partial charge in [0.15, 0.2) is 12.0 Å². The molecule has 27 heavy (non-hydrogen) atoms. The number of carbonyl (C=O) groups is 2. The third-order valence-corrected chi connectivity index (χ3v) is 4.99. The minimum atomic E-state index is -0.876. The minimum Gasteiger partial charge on any atom is -0.487 e. The summed E-state index contributed by atoms with van der Waals surface area (Å²) in [5, 5.41) is 12.7. The average molecular weight is 390 g/mol. The Bertz CT molecular complexity index is 835. The molecule has 0 amide bonds. The Morgan fingerprint density at radius 3 is 3.00 bits per heavy atom. The molecule has 8 heteroatoms. The summed E-state index contributed by atoms with van der Waals surface area (Å²) >= 11 is 1.34. The molecule has 7 nitrogen and oxygen atoms in total. The molecular weight excluding hydrogens is 368 g/mol. The SMILES string of the molecule is CCOC(=O)Cc1csc(CC(=O)CN2c3cc(C)ccc3OCC2O)n1. The van der Waals surface area contributed by atoms with E-state index in [0.29, 0.717) is 28.7 Å². The lowest BCUT2D eigenvalue weighted by atomic mass is 10.1. The Morgan fingerprint density at radius 1 is 1.41 bits per heavy atom. The monoisotopic (exact) mass is 390 g/mol. The number of anilines is 1. The minimum absolute atomic E-state index is 0.0633. The highest BCUT2D eigenvalue weighted by Gasteiger charge is 2.27. The van der Waals surface area contributed by atoms with E-state index in [9.17, 15) is 14.7 Å². The Balaban J connectivity index is 1.64. The van der Waals surface area contributed by atoms with Gasteiger partial charge >= 0.3 is 5.97 Å². The van der Waals surface area contributed by atoms with Crippen molar-refractivity contribution in [1.82, 2.24) is 4.98 Å². The number of Topliss-reactive ketones (excluding diaryl/α,β-unsaturated/α-hetero) is 1. The van der Waals surface area contributed by atoms with Gasteiger partial charge in [0.1, 0.15) is 17.4 Å². The van der Waals surface area contributed by atoms with Gasteiger partial charge in [-0.2, -0.15) is 0 Å². The van der Waals surface area contributed by atoms with Crippen molar-refractivity contribution in [3.8, 4) is 5.75 Å². The van der Waals surface area contributed by atoms with Crippen LogP contribution in [0.2, 0.25) is 0 Å². The van der Waals surface area contributed by atoms with Crippen LogP contribution in [-0.2, 0) is 27.2 Å². The van der Waals surface area contributed by atoms with E-state index in [2.05, 4.69) is 4.98 Å². The third-order valence-electron chi connectivity index (χ3n) is 4.10. The first-order valence-corrected chi connectivity index (χ1v) is 9.63. The molecule has 1 N–H and O–H groups in total. The second-order valence-electron chi connectivity index (χ2n) is 6.32. The molecule has 0 aliphatic carbocycles. The predicted molar refractivity (Wildman–Crippen MR) is 101 cm³/mol. The summed E-state index contributed by atoms with van der Waals surface area (Å²) in [7, 11) is 0. The summed E-state index contributed by atoms with van der Waals surface area (Å²) in [6.07, 6.45) is -0.620. The number of aryl methyl sites for hydroxylation is 1. The lowest BCUT2D eigenvalue weighted by Gasteiger charge is -2.35. The molecule has 0 bridgehead atoms. The van der Waals surface area contributed by atoms with E-state index in [1.165, 1.54) is 11.3 Å². The van der Waals surface area contributed by atoms with Crippen molar-refractivity contribution in [3.05, 3.63) is 39.8 Å². The fourth-order valence-electron chi connectivity index (χ4n) is 2.87. The number of hydrogen-bond acceptors (Lipinski definition) is 8. The van der Waals surface area contributed by atoms with Gasteiger partial charge in [-0.3, -0.25) is 9.59 Å². The smallest absolute Gasteiger partial charge is 0.311 e. The van der Waals surface area contributed by atoms with Crippen molar-refractivity contribution in [3.63, 3.8) is 0 Å². The summed E-state index contributed by atoms with van der Waals surface area (Å²) in [5.74, 6) is 0.259. The number of aliphatic hydroxyl groups is 1. The number of aliphatic hydroxyl groups excluding tert-OH is 1. The molecule has 0 saturated carbocycles. The lowest BCUT2D eigenvalue weighted by molar-refractivity contribution is -0.142. The molecule has 1 atom stereocenters. The zero-order chi connectivity index (χ0) is 19.4. The maximum absolute atomic E-state index is 12.5. The van der Waals surface area contributed by atoms with E-state index in [1.807, 2.05) is 25.1 Å². The molecule has 1 unspecified atom stereocenters. The Labute approximate surface area is 161 Å². The first-order chi connectivity index (χ1) is 13.0. The van der Waals surface area contributed by atoms with Crippen LogP contribution in [0.15, 0.2) is 23.6 Å². The quantitative estimate of drug-likeness (QED) is 0.722. The predicted octanol–water partition coefficient (Wildman–Crippen LogP) is 1.89. The summed E-state index contributed by atoms with van der Waals surface area (Å²) in [6.45, 7) is 4.21. The highest BCUT2D eigenvalue weighted by atomic mass is 32.1. The van der Waals surface area contributed by atoms with Gasteiger partial charge < -0.3 is 19.5 Å². The lowest BCUT2D eigenvalue weighted by Crippen LogP contribution is -2.45. The van der Waals surface area contributed by atoms with Gasteiger partial charge in [-0.15, -0.1) is 11.3 Å². The number of rotatable bonds is 7. The zero-order valence-corrected chi connectivity index (χ0v) is 16.1. The second-order valence-corrected chi connectivity index (χ2v) is 7.26. The maximum atomic E-state index is 12.5. The third kappa shape index (κ3) is 4.84. The first kappa shape index (κ1) is 19.3. The van der Waals surface area contributed by atoms with Gasteiger partial charge in [0.05, 0.1) is 37.4 Å². The molecule has 1 aliphatic heterocycles. The van der Waals surface area contributed by atoms with Gasteiger partial charge in [-0.1, -0.05) is 6.07 Å². The van der Waals surface area contributed by atoms with E-state index in [4.69, 9.17) is 9.47 Å². The molecule has 0 spiro atoms. The molecule has 144 valence electrons. The van der Waals surface area contributed by atoms with Gasteiger partial charge in [0, 0.05) is 5.38 Å². The highest BCUT2D eigenvalue weighted by Crippen LogP contribution is 2.34. The molecule has 1 aliphatic rings. The maximum Gasteiger partial charge on any atom is 0.311 e. The summed E-state index contributed by atoms with van der Waals surface area (Å²) in [6, 6.07) is 5.67. The number of aromatic nitrogens is 1. The highest BCUT2D eigenvalue weighted by molar-refractivity contribution is 7.09. The van der Waals surface area contributed by atoms with Crippen LogP contribution in [0, 0.1) is 6.92 Å². The van der Waals surface area contributed by atoms with Crippen molar-refractivity contribution in [2.45, 2.75) is 32.9 Å². The number of ether oxygens (including phenoxy) is 2. The van der Waals surface area contributed by atoms with Crippen molar-refractivity contribution < 1.29 is 24.2 Å². The summed E-state index contributed by atoms with van der Waals surface area (Å²) < 4.78 is 10.4. The van der Waals surface area contributed by atoms with Crippen LogP contribution in [0.1, 0.15) is 23.2 Å². The number of ketones is 1. The summed E-state index contributed by atoms with van der Waals surface area (Å²) in [4.78, 5) is 30.0. The number of thiazole rings is 1. The van der Waals surface area contributed by atoms with Gasteiger partial charge in [-0.25, -0.2) is 4.98 Å². The molecule has 0 saturated heterocycles. The van der Waals surface area contributed by atoms with E-state index in [-0.39, 0.29) is 37.7 Å². The standard InChI is InChI=1S/C19H22N2O5S/c1-3-25-19(24)7-13-11-27-17(20-13)8-14(22)9-21-15-6-12(2)4-5-16(15)26-10-18(21)23/h4-6,11,18,23H,3,7-10H2,1-2H3. The van der Waals surface area contributed by atoms with Crippen LogP contribution in [0.3, 0.4) is 0 Å². The van der Waals surface area contributed by atoms with Gasteiger partial charge in [-0.05, 0) is 31.5 Å². The topological polar surface area (TPSA) is 89.0 Å². The van der Waals surface area contributed by atoms with Crippen LogP contribution in [0.5, 0.6) is 5.75 Å². The fourth-order valence-corrected chi connectivity index (χ4v) is 3.69. The molecular formula is C19H22N2O5S. The van der Waals surface area contributed by atoms with E-state index < -0.39 is 6.23 Å². The molecule has 0 radical (unpaired) electrons. The van der Waals surface area contributed by atoms with Crippen molar-refractivity contribution >= 4 is 28.8 Å². The van der Waals surface area contributed by atoms with E-state index in [1.54, 1.807) is 17.2 Å². The second kappa shape index (κ2) is 8.49. The Hall–Kier alpha value is -2.45. The van der Waals surface area contributed by atoms with Crippen molar-refractivity contribution in [1.29, 1.82) is 0 Å². The number of esters is 1. The first-order valence-electron chi connectivity index (χ1n) is 8.75. The van der Waals surface area contributed by atoms with Crippen LogP contribution in [0.25, 0.3) is 0 Å². The molecule has 0 fully saturated rings. The van der Waals surface area contributed by atoms with Crippen LogP contribution < -0.4 is 9.64 Å². The molecule has 1 aromatic heterocycles. The average Bonchev–Trinajstić information content (AvgIpc) is 3.04. The van der Waals surface area contributed by atoms with Crippen molar-refractivity contribution in [2.24, 2.45) is 0 Å². The van der Waals surface area contributed by atoms with Gasteiger partial charge in [0.25, 0.3) is 0 Å². The normalized spacial score (nSPS) is 15.8. The van der Waals surface area contributed by atoms with E-state index >= 15 is 0 Å².